The Balaban J connectivity index is 1.57. The average molecular weight is 454 g/mol. The molecule has 5 nitrogen and oxygen atoms in total. The van der Waals surface area contributed by atoms with Crippen LogP contribution in [0.4, 0.5) is 18.9 Å². The lowest BCUT2D eigenvalue weighted by molar-refractivity contribution is -0.153. The van der Waals surface area contributed by atoms with Crippen LogP contribution < -0.4 is 14.8 Å². The molecule has 1 aromatic heterocycles. The van der Waals surface area contributed by atoms with E-state index in [0.717, 1.165) is 11.1 Å². The molecule has 3 aromatic rings. The van der Waals surface area contributed by atoms with Crippen molar-refractivity contribution in [3.63, 3.8) is 0 Å². The summed E-state index contributed by atoms with van der Waals surface area (Å²) in [6, 6.07) is 17.2. The van der Waals surface area contributed by atoms with Crippen molar-refractivity contribution in [1.82, 2.24) is 4.98 Å². The SMILES string of the molecule is COc1cc(CCC(=O)Nc2cccc(C#Cc3ccccn3)c2)ccc1OCC(F)(F)F. The van der Waals surface area contributed by atoms with Gasteiger partial charge in [-0.2, -0.15) is 13.2 Å². The highest BCUT2D eigenvalue weighted by atomic mass is 19.4. The van der Waals surface area contributed by atoms with Crippen LogP contribution in [-0.4, -0.2) is 30.8 Å². The number of amides is 1. The zero-order valence-corrected chi connectivity index (χ0v) is 17.8. The Hall–Kier alpha value is -3.99. The third kappa shape index (κ3) is 7.89. The fourth-order valence-corrected chi connectivity index (χ4v) is 2.88. The van der Waals surface area contributed by atoms with Crippen LogP contribution in [-0.2, 0) is 11.2 Å². The quantitative estimate of drug-likeness (QED) is 0.511. The largest absolute Gasteiger partial charge is 0.493 e. The molecule has 0 saturated heterocycles. The summed E-state index contributed by atoms with van der Waals surface area (Å²) in [6.45, 7) is -1.41. The van der Waals surface area contributed by atoms with Crippen LogP contribution in [0.15, 0.2) is 66.9 Å². The second-order valence-corrected chi connectivity index (χ2v) is 6.98. The van der Waals surface area contributed by atoms with Crippen molar-refractivity contribution in [2.75, 3.05) is 19.0 Å². The Morgan fingerprint density at radius 3 is 2.61 bits per heavy atom. The highest BCUT2D eigenvalue weighted by Crippen LogP contribution is 2.30. The van der Waals surface area contributed by atoms with Gasteiger partial charge in [0.15, 0.2) is 18.1 Å². The Bertz CT molecular complexity index is 1150. The Labute approximate surface area is 189 Å². The minimum atomic E-state index is -4.44. The van der Waals surface area contributed by atoms with Crippen molar-refractivity contribution in [2.45, 2.75) is 19.0 Å². The van der Waals surface area contributed by atoms with Crippen LogP contribution >= 0.6 is 0 Å². The second-order valence-electron chi connectivity index (χ2n) is 6.98. The van der Waals surface area contributed by atoms with Crippen molar-refractivity contribution >= 4 is 11.6 Å². The first-order valence-corrected chi connectivity index (χ1v) is 10.0. The number of hydrogen-bond acceptors (Lipinski definition) is 4. The number of benzene rings is 2. The topological polar surface area (TPSA) is 60.5 Å². The van der Waals surface area contributed by atoms with Crippen molar-refractivity contribution in [1.29, 1.82) is 0 Å². The molecular weight excluding hydrogens is 433 g/mol. The lowest BCUT2D eigenvalue weighted by atomic mass is 10.1. The number of methoxy groups -OCH3 is 1. The number of ether oxygens (including phenoxy) is 2. The summed E-state index contributed by atoms with van der Waals surface area (Å²) < 4.78 is 47.0. The van der Waals surface area contributed by atoms with E-state index in [1.807, 2.05) is 24.3 Å². The number of aryl methyl sites for hydroxylation is 1. The predicted octanol–water partition coefficient (Wildman–Crippen LogP) is 5.00. The van der Waals surface area contributed by atoms with Gasteiger partial charge in [-0.1, -0.05) is 24.1 Å². The molecule has 170 valence electrons. The third-order valence-corrected chi connectivity index (χ3v) is 4.41. The number of carbonyl (C=O) groups is 1. The number of nitrogens with zero attached hydrogens (tertiary/aromatic N) is 1. The lowest BCUT2D eigenvalue weighted by Crippen LogP contribution is -2.19. The molecule has 0 bridgehead atoms. The van der Waals surface area contributed by atoms with Crippen molar-refractivity contribution in [3.05, 3.63) is 83.7 Å². The zero-order valence-electron chi connectivity index (χ0n) is 17.8. The van der Waals surface area contributed by atoms with Crippen molar-refractivity contribution in [2.24, 2.45) is 0 Å². The normalized spacial score (nSPS) is 10.7. The van der Waals surface area contributed by atoms with Crippen molar-refractivity contribution < 1.29 is 27.4 Å². The van der Waals surface area contributed by atoms with Gasteiger partial charge >= 0.3 is 6.18 Å². The summed E-state index contributed by atoms with van der Waals surface area (Å²) in [6.07, 6.45) is -2.22. The number of alkyl halides is 3. The molecule has 0 spiro atoms. The molecule has 0 atom stereocenters. The first kappa shape index (κ1) is 23.7. The second kappa shape index (κ2) is 11.0. The summed E-state index contributed by atoms with van der Waals surface area (Å²) >= 11 is 0. The first-order valence-electron chi connectivity index (χ1n) is 10.0. The molecule has 0 aliphatic rings. The van der Waals surface area contributed by atoms with Crippen LogP contribution in [0.1, 0.15) is 23.2 Å². The van der Waals surface area contributed by atoms with E-state index in [-0.39, 0.29) is 23.8 Å². The van der Waals surface area contributed by atoms with Crippen LogP contribution in [0.5, 0.6) is 11.5 Å². The monoisotopic (exact) mass is 454 g/mol. The van der Waals surface area contributed by atoms with E-state index < -0.39 is 12.8 Å². The van der Waals surface area contributed by atoms with Crippen LogP contribution in [0, 0.1) is 11.8 Å². The molecule has 0 fully saturated rings. The number of rotatable bonds is 7. The molecule has 1 N–H and O–H groups in total. The molecule has 0 radical (unpaired) electrons. The number of halogens is 3. The van der Waals surface area contributed by atoms with Gasteiger partial charge in [0.25, 0.3) is 0 Å². The highest BCUT2D eigenvalue weighted by Gasteiger charge is 2.29. The minimum Gasteiger partial charge on any atom is -0.493 e. The fraction of sp³-hybridized carbons (Fsp3) is 0.200. The highest BCUT2D eigenvalue weighted by molar-refractivity contribution is 5.91. The molecule has 0 unspecified atom stereocenters. The molecule has 1 amide bonds. The van der Waals surface area contributed by atoms with Gasteiger partial charge in [0.1, 0.15) is 5.69 Å². The van der Waals surface area contributed by atoms with Gasteiger partial charge in [-0.15, -0.1) is 0 Å². The zero-order chi connectivity index (χ0) is 23.7. The smallest absolute Gasteiger partial charge is 0.422 e. The molecule has 0 aliphatic carbocycles. The number of nitrogens with one attached hydrogen (secondary N) is 1. The molecule has 1 heterocycles. The lowest BCUT2D eigenvalue weighted by Gasteiger charge is -2.13. The van der Waals surface area contributed by atoms with Gasteiger partial charge in [-0.3, -0.25) is 4.79 Å². The molecule has 3 rings (SSSR count). The van der Waals surface area contributed by atoms with E-state index >= 15 is 0 Å². The van der Waals surface area contributed by atoms with Crippen LogP contribution in [0.3, 0.4) is 0 Å². The Morgan fingerprint density at radius 1 is 1.03 bits per heavy atom. The van der Waals surface area contributed by atoms with Gasteiger partial charge in [-0.05, 0) is 60.4 Å². The molecule has 0 aliphatic heterocycles. The van der Waals surface area contributed by atoms with Gasteiger partial charge in [-0.25, -0.2) is 4.98 Å². The summed E-state index contributed by atoms with van der Waals surface area (Å²) in [5.41, 5.74) is 2.73. The third-order valence-electron chi connectivity index (χ3n) is 4.41. The molecule has 2 aromatic carbocycles. The predicted molar refractivity (Wildman–Crippen MR) is 118 cm³/mol. The standard InChI is InChI=1S/C25H21F3N2O3/c1-32-23-16-19(9-12-22(23)33-17-25(26,27)28)10-13-24(31)30-21-7-4-5-18(15-21)8-11-20-6-2-3-14-29-20/h2-7,9,12,14-16H,10,13,17H2,1H3,(H,30,31). The maximum atomic E-state index is 12.4. The number of hydrogen-bond donors (Lipinski definition) is 1. The van der Waals surface area contributed by atoms with Gasteiger partial charge in [0.2, 0.25) is 5.91 Å². The number of carbonyl (C=O) groups excluding carboxylic acids is 1. The first-order chi connectivity index (χ1) is 15.8. The fourth-order valence-electron chi connectivity index (χ4n) is 2.88. The summed E-state index contributed by atoms with van der Waals surface area (Å²) in [5, 5.41) is 2.82. The van der Waals surface area contributed by atoms with Gasteiger partial charge < -0.3 is 14.8 Å². The minimum absolute atomic E-state index is 0.00773. The number of aromatic nitrogens is 1. The molecule has 0 saturated carbocycles. The average Bonchev–Trinajstić information content (AvgIpc) is 2.80. The summed E-state index contributed by atoms with van der Waals surface area (Å²) in [4.78, 5) is 16.5. The molecular formula is C25H21F3N2O3. The molecule has 8 heteroatoms. The Kier molecular flexibility index (Phi) is 7.92. The summed E-state index contributed by atoms with van der Waals surface area (Å²) in [5.74, 6) is 5.93. The maximum absolute atomic E-state index is 12.4. The maximum Gasteiger partial charge on any atom is 0.422 e. The van der Waals surface area contributed by atoms with E-state index in [1.165, 1.54) is 13.2 Å². The Morgan fingerprint density at radius 2 is 1.88 bits per heavy atom. The summed E-state index contributed by atoms with van der Waals surface area (Å²) in [7, 11) is 1.34. The van der Waals surface area contributed by atoms with Crippen LogP contribution in [0.2, 0.25) is 0 Å². The van der Waals surface area contributed by atoms with E-state index in [9.17, 15) is 18.0 Å². The molecule has 33 heavy (non-hydrogen) atoms. The van der Waals surface area contributed by atoms with Gasteiger partial charge in [0, 0.05) is 23.9 Å². The van der Waals surface area contributed by atoms with E-state index in [0.29, 0.717) is 17.8 Å². The number of pyridine rings is 1. The van der Waals surface area contributed by atoms with Crippen LogP contribution in [0.25, 0.3) is 0 Å². The van der Waals surface area contributed by atoms with E-state index in [2.05, 4.69) is 22.1 Å². The number of anilines is 1. The van der Waals surface area contributed by atoms with Crippen molar-refractivity contribution in [3.8, 4) is 23.3 Å². The van der Waals surface area contributed by atoms with E-state index in [4.69, 9.17) is 9.47 Å². The van der Waals surface area contributed by atoms with E-state index in [1.54, 1.807) is 36.5 Å². The van der Waals surface area contributed by atoms with Gasteiger partial charge in [0.05, 0.1) is 7.11 Å².